The van der Waals surface area contributed by atoms with Crippen LogP contribution < -0.4 is 0 Å². The monoisotopic (exact) mass is 341 g/mol. The van der Waals surface area contributed by atoms with Crippen molar-refractivity contribution < 1.29 is 52.7 Å². The number of alkyl halides is 12. The smallest absolute Gasteiger partial charge is 0.226 e. The Morgan fingerprint density at radius 3 is 1.00 bits per heavy atom. The quantitative estimate of drug-likeness (QED) is 0.629. The van der Waals surface area contributed by atoms with Gasteiger partial charge in [0.1, 0.15) is 5.92 Å². The van der Waals surface area contributed by atoms with Crippen molar-refractivity contribution in [3.8, 4) is 0 Å². The van der Waals surface area contributed by atoms with Crippen LogP contribution in [0.3, 0.4) is 0 Å². The number of allylic oxidation sites excluding steroid dienone is 1. The maximum absolute atomic E-state index is 13.4. The van der Waals surface area contributed by atoms with Crippen molar-refractivity contribution in [3.05, 3.63) is 18.6 Å². The Kier molecular flexibility index (Phi) is 5.30. The van der Waals surface area contributed by atoms with Crippen molar-refractivity contribution in [1.82, 2.24) is 0 Å². The second-order valence-electron chi connectivity index (χ2n) is 3.64. The number of hydrogen-bond donors (Lipinski definition) is 0. The molecule has 0 aromatic carbocycles. The first-order chi connectivity index (χ1) is 9.08. The molecule has 0 N–H and O–H groups in total. The Labute approximate surface area is 109 Å². The van der Waals surface area contributed by atoms with Crippen LogP contribution in [0, 0.1) is 5.92 Å². The van der Waals surface area contributed by atoms with E-state index < -0.39 is 48.5 Å². The number of rotatable bonds is 5. The van der Waals surface area contributed by atoms with Crippen LogP contribution in [0.1, 0.15) is 0 Å². The molecule has 0 aliphatic rings. The van der Waals surface area contributed by atoms with Gasteiger partial charge in [-0.1, -0.05) is 6.08 Å². The third kappa shape index (κ3) is 2.93. The molecule has 2 atom stereocenters. The minimum absolute atomic E-state index is 0.973. The van der Waals surface area contributed by atoms with Crippen LogP contribution in [-0.4, -0.2) is 36.5 Å². The van der Waals surface area contributed by atoms with Gasteiger partial charge in [-0.15, -0.1) is 6.58 Å². The van der Waals surface area contributed by atoms with Crippen LogP contribution in [0.25, 0.3) is 0 Å². The molecule has 0 saturated heterocycles. The van der Waals surface area contributed by atoms with Gasteiger partial charge >= 0.3 is 12.4 Å². The van der Waals surface area contributed by atoms with Crippen molar-refractivity contribution in [2.45, 2.75) is 36.5 Å². The fourth-order valence-corrected chi connectivity index (χ4v) is 1.35. The molecule has 0 rings (SSSR count). The average Bonchev–Trinajstić information content (AvgIpc) is 2.25. The lowest BCUT2D eigenvalue weighted by Gasteiger charge is -2.40. The van der Waals surface area contributed by atoms with Crippen LogP contribution in [0.15, 0.2) is 12.7 Å². The molecule has 0 amide bonds. The van der Waals surface area contributed by atoms with Crippen LogP contribution >= 0.6 is 0 Å². The molecule has 0 saturated carbocycles. The molecule has 21 heavy (non-hydrogen) atoms. The van der Waals surface area contributed by atoms with Crippen LogP contribution in [-0.2, 0) is 0 Å². The molecule has 2 unspecified atom stereocenters. The first kappa shape index (κ1) is 19.9. The molecule has 125 valence electrons. The lowest BCUT2D eigenvalue weighted by molar-refractivity contribution is -0.302. The second kappa shape index (κ2) is 5.59. The van der Waals surface area contributed by atoms with Gasteiger partial charge in [-0.3, -0.25) is 0 Å². The lowest BCUT2D eigenvalue weighted by atomic mass is 9.76. The van der Waals surface area contributed by atoms with Gasteiger partial charge in [0, 0.05) is 0 Å². The van der Waals surface area contributed by atoms with Crippen LogP contribution in [0.4, 0.5) is 52.7 Å². The van der Waals surface area contributed by atoms with Crippen molar-refractivity contribution in [2.24, 2.45) is 0 Å². The number of hydrogen-bond acceptors (Lipinski definition) is 0. The van der Waals surface area contributed by atoms with Crippen molar-refractivity contribution in [3.63, 3.8) is 0 Å². The molecule has 0 fully saturated rings. The molecule has 0 bridgehead atoms. The summed E-state index contributed by atoms with van der Waals surface area (Å²) in [6.07, 6.45) is -25.1. The van der Waals surface area contributed by atoms with Gasteiger partial charge in [0.05, 0.1) is 0 Å². The Balaban J connectivity index is 6.38. The Bertz CT molecular complexity index is 336. The molecule has 0 aliphatic carbocycles. The third-order valence-corrected chi connectivity index (χ3v) is 2.41. The highest BCUT2D eigenvalue weighted by atomic mass is 19.4. The minimum atomic E-state index is -6.79. The Morgan fingerprint density at radius 2 is 0.905 bits per heavy atom. The van der Waals surface area contributed by atoms with Gasteiger partial charge in [-0.25, -0.2) is 26.3 Å². The molecule has 0 nitrogen and oxygen atoms in total. The molecule has 0 heterocycles. The first-order valence-electron chi connectivity index (χ1n) is 4.66. The van der Waals surface area contributed by atoms with E-state index in [1.165, 1.54) is 0 Å². The summed E-state index contributed by atoms with van der Waals surface area (Å²) in [5, 5.41) is 0. The maximum Gasteiger partial charge on any atom is 0.429 e. The summed E-state index contributed by atoms with van der Waals surface area (Å²) in [6, 6.07) is 0. The normalized spacial score (nSPS) is 19.8. The number of halogens is 12. The standard InChI is InChI=1S/C9H5F12/c1-2-3(6(14,4(10)11)8(16,17)18)7(15,5(12)13)9(19,20)21/h2,4-5H,1H2. The zero-order chi connectivity index (χ0) is 17.4. The molecule has 0 aliphatic heterocycles. The Morgan fingerprint density at radius 1 is 0.667 bits per heavy atom. The molecule has 12 heteroatoms. The zero-order valence-electron chi connectivity index (χ0n) is 9.47. The summed E-state index contributed by atoms with van der Waals surface area (Å²) in [4.78, 5) is 0. The topological polar surface area (TPSA) is 0 Å². The summed E-state index contributed by atoms with van der Waals surface area (Å²) in [7, 11) is 0. The van der Waals surface area contributed by atoms with E-state index in [0.717, 1.165) is 0 Å². The van der Waals surface area contributed by atoms with Gasteiger partial charge in [0.25, 0.3) is 24.2 Å². The van der Waals surface area contributed by atoms with Gasteiger partial charge in [-0.05, 0) is 0 Å². The largest absolute Gasteiger partial charge is 0.429 e. The first-order valence-corrected chi connectivity index (χ1v) is 4.66. The summed E-state index contributed by atoms with van der Waals surface area (Å²) >= 11 is 0. The van der Waals surface area contributed by atoms with E-state index >= 15 is 0 Å². The highest BCUT2D eigenvalue weighted by Crippen LogP contribution is 2.56. The zero-order valence-corrected chi connectivity index (χ0v) is 9.47. The molecule has 1 radical (unpaired) electrons. The van der Waals surface area contributed by atoms with Gasteiger partial charge in [-0.2, -0.15) is 26.3 Å². The second-order valence-corrected chi connectivity index (χ2v) is 3.64. The highest BCUT2D eigenvalue weighted by molar-refractivity contribution is 5.35. The fourth-order valence-electron chi connectivity index (χ4n) is 1.35. The molecular formula is C9H5F12. The summed E-state index contributed by atoms with van der Waals surface area (Å²) in [5.74, 6) is -3.56. The predicted octanol–water partition coefficient (Wildman–Crippen LogP) is 4.82. The maximum atomic E-state index is 13.4. The van der Waals surface area contributed by atoms with Crippen molar-refractivity contribution in [1.29, 1.82) is 0 Å². The fraction of sp³-hybridized carbons (Fsp3) is 0.667. The molecule has 0 spiro atoms. The van der Waals surface area contributed by atoms with Crippen molar-refractivity contribution >= 4 is 0 Å². The summed E-state index contributed by atoms with van der Waals surface area (Å²) in [6.45, 7) is 2.10. The van der Waals surface area contributed by atoms with Gasteiger partial charge in [0.2, 0.25) is 0 Å². The summed E-state index contributed by atoms with van der Waals surface area (Å²) < 4.78 is 149. The van der Waals surface area contributed by atoms with E-state index in [1.807, 2.05) is 0 Å². The average molecular weight is 341 g/mol. The van der Waals surface area contributed by atoms with Gasteiger partial charge in [0.15, 0.2) is 0 Å². The molecule has 0 aromatic rings. The van der Waals surface area contributed by atoms with E-state index in [-0.39, 0.29) is 0 Å². The van der Waals surface area contributed by atoms with Crippen LogP contribution in [0.5, 0.6) is 0 Å². The van der Waals surface area contributed by atoms with E-state index in [9.17, 15) is 52.7 Å². The summed E-state index contributed by atoms with van der Waals surface area (Å²) in [5.41, 5.74) is -12.6. The van der Waals surface area contributed by atoms with E-state index in [0.29, 0.717) is 0 Å². The minimum Gasteiger partial charge on any atom is -0.226 e. The Hall–Kier alpha value is -1.10. The van der Waals surface area contributed by atoms with E-state index in [4.69, 9.17) is 0 Å². The van der Waals surface area contributed by atoms with Gasteiger partial charge < -0.3 is 0 Å². The predicted molar refractivity (Wildman–Crippen MR) is 45.2 cm³/mol. The molecular weight excluding hydrogens is 336 g/mol. The molecule has 0 aromatic heterocycles. The van der Waals surface area contributed by atoms with E-state index in [2.05, 4.69) is 6.58 Å². The SMILES string of the molecule is C=C[C](C(F)(C(F)F)C(F)(F)F)C(F)(C(F)F)C(F)(F)F. The third-order valence-electron chi connectivity index (χ3n) is 2.41. The van der Waals surface area contributed by atoms with Crippen molar-refractivity contribution in [2.75, 3.05) is 0 Å². The lowest BCUT2D eigenvalue weighted by Crippen LogP contribution is -2.64. The highest BCUT2D eigenvalue weighted by Gasteiger charge is 2.79. The van der Waals surface area contributed by atoms with E-state index in [1.54, 1.807) is 0 Å². The van der Waals surface area contributed by atoms with Crippen LogP contribution in [0.2, 0.25) is 0 Å².